The molecule has 106 valence electrons. The highest BCUT2D eigenvalue weighted by Gasteiger charge is 2.20. The van der Waals surface area contributed by atoms with Gasteiger partial charge in [0.05, 0.1) is 12.8 Å². The summed E-state index contributed by atoms with van der Waals surface area (Å²) in [6.45, 7) is 0. The minimum Gasteiger partial charge on any atom is -0.771 e. The van der Waals surface area contributed by atoms with Crippen molar-refractivity contribution in [3.8, 4) is 11.5 Å². The molecular weight excluding hydrogens is 279 g/mol. The standard InChI is InChI=1S/C13H15N2O4P/c1-19-11-8-6-10(7-9-11)15(20(14,17)18)12-4-2-3-5-13(12)16/h2-9,16H,1H3,(H3,14,17,18)/p-1. The Kier molecular flexibility index (Phi) is 3.99. The van der Waals surface area contributed by atoms with Gasteiger partial charge in [0, 0.05) is 5.69 Å². The Morgan fingerprint density at radius 2 is 1.80 bits per heavy atom. The van der Waals surface area contributed by atoms with Crippen molar-refractivity contribution in [2.45, 2.75) is 0 Å². The van der Waals surface area contributed by atoms with Crippen molar-refractivity contribution in [2.75, 3.05) is 11.8 Å². The fraction of sp³-hybridized carbons (Fsp3) is 0.0769. The van der Waals surface area contributed by atoms with E-state index in [-0.39, 0.29) is 11.4 Å². The van der Waals surface area contributed by atoms with Gasteiger partial charge in [-0.05, 0) is 36.4 Å². The maximum absolute atomic E-state index is 11.8. The molecule has 0 radical (unpaired) electrons. The number of benzene rings is 2. The highest BCUT2D eigenvalue weighted by atomic mass is 31.2. The zero-order valence-corrected chi connectivity index (χ0v) is 11.7. The fourth-order valence-corrected chi connectivity index (χ4v) is 2.74. The Hall–Kier alpha value is -2.01. The van der Waals surface area contributed by atoms with E-state index < -0.39 is 7.67 Å². The molecule has 0 aliphatic heterocycles. The first-order valence-electron chi connectivity index (χ1n) is 5.76. The maximum Gasteiger partial charge on any atom is 0.172 e. The quantitative estimate of drug-likeness (QED) is 0.836. The summed E-state index contributed by atoms with van der Waals surface area (Å²) in [6.07, 6.45) is 0. The molecule has 2 rings (SSSR count). The highest BCUT2D eigenvalue weighted by Crippen LogP contribution is 2.47. The predicted molar refractivity (Wildman–Crippen MR) is 75.0 cm³/mol. The molecule has 2 aromatic carbocycles. The molecule has 0 saturated heterocycles. The smallest absolute Gasteiger partial charge is 0.172 e. The van der Waals surface area contributed by atoms with E-state index in [2.05, 4.69) is 0 Å². The van der Waals surface area contributed by atoms with Crippen molar-refractivity contribution in [1.29, 1.82) is 0 Å². The summed E-state index contributed by atoms with van der Waals surface area (Å²) in [7, 11) is -2.88. The first-order chi connectivity index (χ1) is 9.43. The van der Waals surface area contributed by atoms with Crippen molar-refractivity contribution in [2.24, 2.45) is 5.50 Å². The van der Waals surface area contributed by atoms with E-state index in [9.17, 15) is 14.6 Å². The summed E-state index contributed by atoms with van der Waals surface area (Å²) in [5, 5.41) is 9.82. The van der Waals surface area contributed by atoms with Crippen LogP contribution < -0.4 is 19.8 Å². The Morgan fingerprint density at radius 3 is 2.30 bits per heavy atom. The molecule has 20 heavy (non-hydrogen) atoms. The molecule has 0 aliphatic rings. The van der Waals surface area contributed by atoms with Crippen molar-refractivity contribution < 1.29 is 19.3 Å². The van der Waals surface area contributed by atoms with Crippen LogP contribution >= 0.6 is 7.67 Å². The molecule has 2 aromatic rings. The summed E-state index contributed by atoms with van der Waals surface area (Å²) < 4.78 is 17.7. The third-order valence-corrected chi connectivity index (χ3v) is 3.71. The third kappa shape index (κ3) is 2.93. The van der Waals surface area contributed by atoms with E-state index in [1.807, 2.05) is 0 Å². The van der Waals surface area contributed by atoms with Crippen LogP contribution in [0.15, 0.2) is 48.5 Å². The van der Waals surface area contributed by atoms with Crippen LogP contribution in [0.3, 0.4) is 0 Å². The molecule has 3 N–H and O–H groups in total. The Balaban J connectivity index is 2.54. The van der Waals surface area contributed by atoms with E-state index in [1.165, 1.54) is 19.2 Å². The minimum atomic E-state index is -4.39. The Labute approximate surface area is 116 Å². The van der Waals surface area contributed by atoms with Crippen molar-refractivity contribution in [1.82, 2.24) is 0 Å². The number of hydrogen-bond donors (Lipinski definition) is 2. The van der Waals surface area contributed by atoms with Gasteiger partial charge in [-0.25, -0.2) is 0 Å². The third-order valence-electron chi connectivity index (χ3n) is 2.71. The number of ether oxygens (including phenoxy) is 1. The molecule has 0 saturated carbocycles. The van der Waals surface area contributed by atoms with Gasteiger partial charge in [-0.2, -0.15) is 0 Å². The van der Waals surface area contributed by atoms with Crippen LogP contribution in [-0.4, -0.2) is 12.2 Å². The van der Waals surface area contributed by atoms with E-state index in [1.54, 1.807) is 36.4 Å². The topological polar surface area (TPSA) is 98.8 Å². The van der Waals surface area contributed by atoms with Crippen molar-refractivity contribution in [3.05, 3.63) is 48.5 Å². The zero-order valence-electron chi connectivity index (χ0n) is 10.8. The molecule has 0 aromatic heterocycles. The highest BCUT2D eigenvalue weighted by molar-refractivity contribution is 7.56. The summed E-state index contributed by atoms with van der Waals surface area (Å²) in [6, 6.07) is 12.4. The van der Waals surface area contributed by atoms with Gasteiger partial charge < -0.3 is 14.7 Å². The predicted octanol–water partition coefficient (Wildman–Crippen LogP) is 1.97. The zero-order chi connectivity index (χ0) is 14.8. The van der Waals surface area contributed by atoms with E-state index >= 15 is 0 Å². The molecule has 0 aliphatic carbocycles. The lowest BCUT2D eigenvalue weighted by Crippen LogP contribution is -2.27. The average Bonchev–Trinajstić information content (AvgIpc) is 2.41. The van der Waals surface area contributed by atoms with Gasteiger partial charge in [0.15, 0.2) is 7.67 Å². The first-order valence-corrected chi connectivity index (χ1v) is 7.40. The second kappa shape index (κ2) is 5.54. The maximum atomic E-state index is 11.8. The average molecular weight is 293 g/mol. The number of hydrogen-bond acceptors (Lipinski definition) is 4. The van der Waals surface area contributed by atoms with E-state index in [4.69, 9.17) is 10.2 Å². The molecule has 0 spiro atoms. The second-order valence-electron chi connectivity index (χ2n) is 4.06. The van der Waals surface area contributed by atoms with Gasteiger partial charge in [0.1, 0.15) is 11.5 Å². The minimum absolute atomic E-state index is 0.0958. The summed E-state index contributed by atoms with van der Waals surface area (Å²) in [5.74, 6) is 0.411. The lowest BCUT2D eigenvalue weighted by atomic mass is 10.2. The molecule has 6 nitrogen and oxygen atoms in total. The van der Waals surface area contributed by atoms with Crippen LogP contribution in [0.25, 0.3) is 0 Å². The molecule has 0 heterocycles. The van der Waals surface area contributed by atoms with Gasteiger partial charge in [-0.1, -0.05) is 12.1 Å². The molecule has 0 amide bonds. The number of anilines is 2. The lowest BCUT2D eigenvalue weighted by Gasteiger charge is -2.34. The number of aromatic hydroxyl groups is 1. The van der Waals surface area contributed by atoms with Gasteiger partial charge in [-0.3, -0.25) is 14.7 Å². The number of nitrogens with two attached hydrogens (primary N) is 1. The SMILES string of the molecule is COc1ccc(N(c2ccccc2O)P(N)(=O)[O-])cc1. The number of methoxy groups -OCH3 is 1. The molecule has 7 heteroatoms. The van der Waals surface area contributed by atoms with Crippen LogP contribution in [-0.2, 0) is 4.57 Å². The van der Waals surface area contributed by atoms with Crippen LogP contribution in [0.1, 0.15) is 0 Å². The summed E-state index contributed by atoms with van der Waals surface area (Å²) in [4.78, 5) is 11.8. The molecule has 0 bridgehead atoms. The van der Waals surface area contributed by atoms with Gasteiger partial charge in [-0.15, -0.1) is 0 Å². The summed E-state index contributed by atoms with van der Waals surface area (Å²) >= 11 is 0. The van der Waals surface area contributed by atoms with Gasteiger partial charge in [0.25, 0.3) is 0 Å². The van der Waals surface area contributed by atoms with Gasteiger partial charge >= 0.3 is 0 Å². The molecular formula is C13H14N2O4P-. The number of phenolic OH excluding ortho intramolecular Hbond substituents is 1. The van der Waals surface area contributed by atoms with Gasteiger partial charge in [0.2, 0.25) is 0 Å². The molecule has 1 unspecified atom stereocenters. The monoisotopic (exact) mass is 293 g/mol. The van der Waals surface area contributed by atoms with E-state index in [0.717, 1.165) is 4.67 Å². The molecule has 1 atom stereocenters. The second-order valence-corrected chi connectivity index (χ2v) is 5.59. The van der Waals surface area contributed by atoms with Crippen LogP contribution in [0.5, 0.6) is 11.5 Å². The van der Waals surface area contributed by atoms with Crippen LogP contribution in [0.2, 0.25) is 0 Å². The largest absolute Gasteiger partial charge is 0.771 e. The van der Waals surface area contributed by atoms with Crippen LogP contribution in [0.4, 0.5) is 11.4 Å². The fourth-order valence-electron chi connectivity index (χ4n) is 1.82. The summed E-state index contributed by atoms with van der Waals surface area (Å²) in [5.41, 5.74) is 5.68. The number of rotatable bonds is 4. The molecule has 0 fully saturated rings. The van der Waals surface area contributed by atoms with E-state index in [0.29, 0.717) is 11.4 Å². The normalized spacial score (nSPS) is 13.6. The Bertz CT molecular complexity index is 639. The lowest BCUT2D eigenvalue weighted by molar-refractivity contribution is -0.175. The number of para-hydroxylation sites is 2. The van der Waals surface area contributed by atoms with Crippen molar-refractivity contribution in [3.63, 3.8) is 0 Å². The number of nitrogens with zero attached hydrogens (tertiary/aromatic N) is 1. The Morgan fingerprint density at radius 1 is 1.20 bits per heavy atom. The van der Waals surface area contributed by atoms with Crippen LogP contribution in [0, 0.1) is 0 Å². The number of phenols is 1. The van der Waals surface area contributed by atoms with Crippen molar-refractivity contribution >= 4 is 19.0 Å². The first kappa shape index (κ1) is 14.4.